The van der Waals surface area contributed by atoms with Crippen LogP contribution >= 0.6 is 23.6 Å². The summed E-state index contributed by atoms with van der Waals surface area (Å²) in [7, 11) is 0. The number of thiazole rings is 1. The van der Waals surface area contributed by atoms with Crippen LogP contribution in [0, 0.1) is 9.87 Å². The molecule has 0 saturated carbocycles. The number of hydrogen-bond acceptors (Lipinski definition) is 6. The fourth-order valence-electron chi connectivity index (χ4n) is 3.31. The van der Waals surface area contributed by atoms with Crippen molar-refractivity contribution in [3.05, 3.63) is 69.9 Å². The molecule has 0 aliphatic heterocycles. The molecule has 2 heterocycles. The van der Waals surface area contributed by atoms with Gasteiger partial charge in [-0.25, -0.2) is 4.68 Å². The topological polar surface area (TPSA) is 84.8 Å². The molecule has 4 aromatic rings. The van der Waals surface area contributed by atoms with Crippen LogP contribution in [0.2, 0.25) is 0 Å². The Kier molecular flexibility index (Phi) is 6.43. The number of H-pyrrole nitrogens is 1. The molecule has 1 amide bonds. The van der Waals surface area contributed by atoms with Gasteiger partial charge in [0.05, 0.1) is 16.4 Å². The van der Waals surface area contributed by atoms with E-state index >= 15 is 0 Å². The van der Waals surface area contributed by atoms with E-state index in [4.69, 9.17) is 17.0 Å². The van der Waals surface area contributed by atoms with Crippen molar-refractivity contribution in [1.29, 1.82) is 0 Å². The molecule has 2 aromatic carbocycles. The van der Waals surface area contributed by atoms with Gasteiger partial charge < -0.3 is 15.0 Å². The highest BCUT2D eigenvalue weighted by atomic mass is 32.1. The Morgan fingerprint density at radius 2 is 2.06 bits per heavy atom. The van der Waals surface area contributed by atoms with Crippen LogP contribution in [0.4, 0.5) is 0 Å². The van der Waals surface area contributed by atoms with Gasteiger partial charge in [-0.1, -0.05) is 49.4 Å². The summed E-state index contributed by atoms with van der Waals surface area (Å²) in [5.41, 5.74) is 2.70. The van der Waals surface area contributed by atoms with Gasteiger partial charge >= 0.3 is 0 Å². The molecule has 160 valence electrons. The molecule has 0 saturated heterocycles. The molecular formula is C22H23N5O2S2. The molecule has 9 heteroatoms. The molecule has 0 aliphatic carbocycles. The number of carbonyl (C=O) groups excluding carboxylic acids is 1. The number of aromatic amines is 1. The van der Waals surface area contributed by atoms with Crippen LogP contribution in [0.25, 0.3) is 10.2 Å². The first-order valence-electron chi connectivity index (χ1n) is 9.97. The van der Waals surface area contributed by atoms with Crippen LogP contribution < -0.4 is 10.1 Å². The summed E-state index contributed by atoms with van der Waals surface area (Å²) in [5.74, 6) is 0.694. The Balaban J connectivity index is 1.40. The van der Waals surface area contributed by atoms with E-state index in [1.165, 1.54) is 11.3 Å². The van der Waals surface area contributed by atoms with Gasteiger partial charge in [0, 0.05) is 6.54 Å². The molecule has 2 N–H and O–H groups in total. The third-order valence-corrected chi connectivity index (χ3v) is 6.03. The molecular weight excluding hydrogens is 430 g/mol. The minimum atomic E-state index is -0.451. The Hall–Kier alpha value is -3.04. The van der Waals surface area contributed by atoms with E-state index in [2.05, 4.69) is 20.6 Å². The largest absolute Gasteiger partial charge is 0.487 e. The molecule has 7 nitrogen and oxygen atoms in total. The SMILES string of the molecule is CC(C)[C@@H](C(=O)NCc1ccccc1)n1cc(COc2ccc3[nH]c(=S)sc3c2)nn1. The molecule has 0 unspecified atom stereocenters. The number of nitrogens with zero attached hydrogens (tertiary/aromatic N) is 3. The number of rotatable bonds is 8. The molecule has 0 fully saturated rings. The van der Waals surface area contributed by atoms with Crippen molar-refractivity contribution in [1.82, 2.24) is 25.3 Å². The van der Waals surface area contributed by atoms with Crippen molar-refractivity contribution >= 4 is 39.7 Å². The minimum absolute atomic E-state index is 0.0521. The van der Waals surface area contributed by atoms with Gasteiger partial charge in [0.2, 0.25) is 5.91 Å². The highest BCUT2D eigenvalue weighted by molar-refractivity contribution is 7.73. The number of hydrogen-bond donors (Lipinski definition) is 2. The maximum Gasteiger partial charge on any atom is 0.245 e. The summed E-state index contributed by atoms with van der Waals surface area (Å²) in [6.07, 6.45) is 1.77. The Morgan fingerprint density at radius 1 is 1.26 bits per heavy atom. The molecule has 31 heavy (non-hydrogen) atoms. The van der Waals surface area contributed by atoms with E-state index in [0.717, 1.165) is 25.5 Å². The zero-order valence-corrected chi connectivity index (χ0v) is 18.9. The zero-order valence-electron chi connectivity index (χ0n) is 17.2. The van der Waals surface area contributed by atoms with E-state index in [1.807, 2.05) is 62.4 Å². The second-order valence-electron chi connectivity index (χ2n) is 7.54. The second-order valence-corrected chi connectivity index (χ2v) is 9.26. The van der Waals surface area contributed by atoms with Gasteiger partial charge in [-0.3, -0.25) is 4.79 Å². The van der Waals surface area contributed by atoms with Gasteiger partial charge in [-0.15, -0.1) is 16.4 Å². The van der Waals surface area contributed by atoms with Crippen molar-refractivity contribution < 1.29 is 9.53 Å². The van der Waals surface area contributed by atoms with Gasteiger partial charge in [-0.2, -0.15) is 0 Å². The average molecular weight is 454 g/mol. The third kappa shape index (κ3) is 5.18. The number of aromatic nitrogens is 4. The fourth-order valence-corrected chi connectivity index (χ4v) is 4.45. The summed E-state index contributed by atoms with van der Waals surface area (Å²) < 4.78 is 9.27. The summed E-state index contributed by atoms with van der Waals surface area (Å²) >= 11 is 6.69. The first kappa shape index (κ1) is 21.2. The van der Waals surface area contributed by atoms with Crippen molar-refractivity contribution in [3.63, 3.8) is 0 Å². The lowest BCUT2D eigenvalue weighted by Gasteiger charge is -2.20. The van der Waals surface area contributed by atoms with Gasteiger partial charge in [-0.05, 0) is 41.9 Å². The highest BCUT2D eigenvalue weighted by Crippen LogP contribution is 2.25. The van der Waals surface area contributed by atoms with Crippen molar-refractivity contribution in [2.45, 2.75) is 33.0 Å². The maximum atomic E-state index is 12.8. The number of nitrogens with one attached hydrogen (secondary N) is 2. The quantitative estimate of drug-likeness (QED) is 0.380. The smallest absolute Gasteiger partial charge is 0.245 e. The molecule has 1 atom stereocenters. The molecule has 0 radical (unpaired) electrons. The molecule has 4 rings (SSSR count). The predicted molar refractivity (Wildman–Crippen MR) is 124 cm³/mol. The predicted octanol–water partition coefficient (Wildman–Crippen LogP) is 4.64. The van der Waals surface area contributed by atoms with Crippen LogP contribution in [0.15, 0.2) is 54.7 Å². The maximum absolute atomic E-state index is 12.8. The molecule has 0 bridgehead atoms. The van der Waals surface area contributed by atoms with Crippen LogP contribution in [0.1, 0.15) is 31.1 Å². The summed E-state index contributed by atoms with van der Waals surface area (Å²) in [6, 6.07) is 15.2. The lowest BCUT2D eigenvalue weighted by Crippen LogP contribution is -2.35. The van der Waals surface area contributed by atoms with E-state index in [9.17, 15) is 4.79 Å². The summed E-state index contributed by atoms with van der Waals surface area (Å²) in [5, 5.41) is 11.4. The van der Waals surface area contributed by atoms with Crippen molar-refractivity contribution in [2.24, 2.45) is 5.92 Å². The number of ether oxygens (including phenoxy) is 1. The van der Waals surface area contributed by atoms with Crippen LogP contribution in [-0.4, -0.2) is 25.9 Å². The standard InChI is InChI=1S/C22H23N5O2S2/c1-14(2)20(21(28)23-11-15-6-4-3-5-7-15)27-12-16(25-26-27)13-29-17-8-9-18-19(10-17)31-22(30)24-18/h3-10,12,14,20H,11,13H2,1-2H3,(H,23,28)(H,24,30)/t20-/m0/s1. The Labute approximate surface area is 189 Å². The van der Waals surface area contributed by atoms with Crippen LogP contribution in [-0.2, 0) is 17.9 Å². The van der Waals surface area contributed by atoms with Gasteiger partial charge in [0.15, 0.2) is 3.95 Å². The Morgan fingerprint density at radius 3 is 2.84 bits per heavy atom. The van der Waals surface area contributed by atoms with Crippen LogP contribution in [0.5, 0.6) is 5.75 Å². The minimum Gasteiger partial charge on any atom is -0.487 e. The first-order chi connectivity index (χ1) is 15.0. The molecule has 2 aromatic heterocycles. The fraction of sp³-hybridized carbons (Fsp3) is 0.273. The van der Waals surface area contributed by atoms with Crippen molar-refractivity contribution in [3.8, 4) is 5.75 Å². The first-order valence-corrected chi connectivity index (χ1v) is 11.2. The Bertz CT molecular complexity index is 1230. The lowest BCUT2D eigenvalue weighted by atomic mass is 10.0. The van der Waals surface area contributed by atoms with Gasteiger partial charge in [0.1, 0.15) is 24.1 Å². The number of benzene rings is 2. The average Bonchev–Trinajstić information content (AvgIpc) is 3.36. The van der Waals surface area contributed by atoms with E-state index < -0.39 is 6.04 Å². The monoisotopic (exact) mass is 453 g/mol. The molecule has 0 aliphatic rings. The second kappa shape index (κ2) is 9.40. The normalized spacial score (nSPS) is 12.2. The summed E-state index contributed by atoms with van der Waals surface area (Å²) in [6.45, 7) is 4.72. The lowest BCUT2D eigenvalue weighted by molar-refractivity contribution is -0.126. The van der Waals surface area contributed by atoms with E-state index in [1.54, 1.807) is 10.9 Å². The number of carbonyl (C=O) groups is 1. The highest BCUT2D eigenvalue weighted by Gasteiger charge is 2.25. The van der Waals surface area contributed by atoms with Crippen molar-refractivity contribution in [2.75, 3.05) is 0 Å². The third-order valence-electron chi connectivity index (χ3n) is 4.83. The number of fused-ring (bicyclic) bond motifs is 1. The summed E-state index contributed by atoms with van der Waals surface area (Å²) in [4.78, 5) is 16.0. The number of amides is 1. The zero-order chi connectivity index (χ0) is 21.8. The van der Waals surface area contributed by atoms with Gasteiger partial charge in [0.25, 0.3) is 0 Å². The molecule has 0 spiro atoms. The van der Waals surface area contributed by atoms with E-state index in [-0.39, 0.29) is 18.4 Å². The van der Waals surface area contributed by atoms with E-state index in [0.29, 0.717) is 12.2 Å². The van der Waals surface area contributed by atoms with Crippen LogP contribution in [0.3, 0.4) is 0 Å².